The van der Waals surface area contributed by atoms with Crippen LogP contribution in [-0.4, -0.2) is 32.0 Å². The van der Waals surface area contributed by atoms with E-state index in [1.807, 2.05) is 47.7 Å². The average Bonchev–Trinajstić information content (AvgIpc) is 3.21. The molecule has 0 aliphatic rings. The van der Waals surface area contributed by atoms with Crippen LogP contribution in [0.3, 0.4) is 0 Å². The van der Waals surface area contributed by atoms with Crippen molar-refractivity contribution < 1.29 is 4.79 Å². The molecule has 6 nitrogen and oxygen atoms in total. The first-order valence-electron chi connectivity index (χ1n) is 9.27. The Morgan fingerprint density at radius 3 is 2.64 bits per heavy atom. The molecule has 1 aromatic carbocycles. The van der Waals surface area contributed by atoms with Crippen LogP contribution < -0.4 is 5.56 Å². The predicted octanol–water partition coefficient (Wildman–Crippen LogP) is 3.24. The van der Waals surface area contributed by atoms with Gasteiger partial charge in [-0.1, -0.05) is 37.3 Å². The van der Waals surface area contributed by atoms with Crippen molar-refractivity contribution in [2.24, 2.45) is 0 Å². The number of fused-ring (bicyclic) bond motifs is 3. The minimum atomic E-state index is -0.236. The number of benzene rings is 1. The number of amides is 1. The Labute approximate surface area is 166 Å². The summed E-state index contributed by atoms with van der Waals surface area (Å²) in [6, 6.07) is 13.8. The Bertz CT molecular complexity index is 1220. The molecule has 4 rings (SSSR count). The van der Waals surface area contributed by atoms with Gasteiger partial charge in [0.25, 0.3) is 5.56 Å². The number of rotatable bonds is 5. The van der Waals surface area contributed by atoms with E-state index in [0.717, 1.165) is 21.6 Å². The molecule has 0 atom stereocenters. The molecule has 0 saturated carbocycles. The fourth-order valence-corrected chi connectivity index (χ4v) is 4.39. The summed E-state index contributed by atoms with van der Waals surface area (Å²) in [4.78, 5) is 28.5. The number of thiophene rings is 1. The topological polar surface area (TPSA) is 59.6 Å². The summed E-state index contributed by atoms with van der Waals surface area (Å²) in [6.07, 6.45) is 0.670. The summed E-state index contributed by atoms with van der Waals surface area (Å²) in [5.74, 6) is 0.634. The highest BCUT2D eigenvalue weighted by atomic mass is 32.1. The molecule has 0 aliphatic heterocycles. The van der Waals surface area contributed by atoms with Crippen LogP contribution in [0.1, 0.15) is 23.2 Å². The number of carbonyl (C=O) groups is 1. The molecular weight excluding hydrogens is 372 g/mol. The molecular formula is C21H22N4O2S. The monoisotopic (exact) mass is 394 g/mol. The van der Waals surface area contributed by atoms with Gasteiger partial charge in [0.15, 0.2) is 0 Å². The maximum absolute atomic E-state index is 13.0. The Morgan fingerprint density at radius 1 is 1.18 bits per heavy atom. The van der Waals surface area contributed by atoms with Crippen LogP contribution in [0.4, 0.5) is 0 Å². The number of likely N-dealkylation sites (N-methyl/N-ethyl adjacent to an activating group) is 1. The van der Waals surface area contributed by atoms with Gasteiger partial charge >= 0.3 is 0 Å². The van der Waals surface area contributed by atoms with Crippen LogP contribution in [0.5, 0.6) is 0 Å². The molecule has 0 aliphatic carbocycles. The Kier molecular flexibility index (Phi) is 4.77. The lowest BCUT2D eigenvalue weighted by Gasteiger charge is -2.18. The van der Waals surface area contributed by atoms with E-state index in [4.69, 9.17) is 0 Å². The van der Waals surface area contributed by atoms with Crippen LogP contribution >= 0.6 is 11.3 Å². The summed E-state index contributed by atoms with van der Waals surface area (Å²) in [6.45, 7) is 4.49. The van der Waals surface area contributed by atoms with Gasteiger partial charge in [-0.2, -0.15) is 5.10 Å². The maximum Gasteiger partial charge on any atom is 0.291 e. The average molecular weight is 395 g/mol. The second-order valence-corrected chi connectivity index (χ2v) is 8.23. The third kappa shape index (κ3) is 3.22. The molecule has 0 spiro atoms. The Morgan fingerprint density at radius 2 is 1.93 bits per heavy atom. The fourth-order valence-electron chi connectivity index (χ4n) is 3.44. The smallest absolute Gasteiger partial charge is 0.291 e. The number of hydrogen-bond acceptors (Lipinski definition) is 4. The molecule has 0 N–H and O–H groups in total. The van der Waals surface area contributed by atoms with Crippen LogP contribution in [-0.2, 0) is 24.3 Å². The standard InChI is InChI=1S/C21H22N4O2S/c1-4-19-22-24(13-20(26)23(3)12-15-8-6-5-7-9-15)21(27)17-11-18-16(25(17)19)10-14(2)28-18/h5-11H,4,12-13H2,1-3H3. The number of carbonyl (C=O) groups excluding carboxylic acids is 1. The molecule has 0 saturated heterocycles. The van der Waals surface area contributed by atoms with E-state index in [2.05, 4.69) is 18.1 Å². The van der Waals surface area contributed by atoms with Gasteiger partial charge < -0.3 is 4.90 Å². The van der Waals surface area contributed by atoms with Gasteiger partial charge in [0.05, 0.1) is 10.2 Å². The lowest BCUT2D eigenvalue weighted by molar-refractivity contribution is -0.131. The first-order valence-corrected chi connectivity index (χ1v) is 10.1. The van der Waals surface area contributed by atoms with Crippen molar-refractivity contribution in [3.8, 4) is 0 Å². The minimum absolute atomic E-state index is 0.0659. The highest BCUT2D eigenvalue weighted by molar-refractivity contribution is 7.19. The SMILES string of the molecule is CCc1nn(CC(=O)N(C)Cc2ccccc2)c(=O)c2cc3sc(C)cc3n12. The van der Waals surface area contributed by atoms with Gasteiger partial charge in [-0.05, 0) is 24.6 Å². The van der Waals surface area contributed by atoms with Crippen molar-refractivity contribution >= 4 is 33.0 Å². The van der Waals surface area contributed by atoms with Crippen molar-refractivity contribution in [2.45, 2.75) is 33.4 Å². The normalized spacial score (nSPS) is 11.4. The van der Waals surface area contributed by atoms with E-state index in [9.17, 15) is 9.59 Å². The Balaban J connectivity index is 1.67. The fraction of sp³-hybridized carbons (Fsp3) is 0.286. The molecule has 3 heterocycles. The third-order valence-corrected chi connectivity index (χ3v) is 5.84. The van der Waals surface area contributed by atoms with Crippen molar-refractivity contribution in [3.63, 3.8) is 0 Å². The van der Waals surface area contributed by atoms with Crippen LogP contribution in [0.25, 0.3) is 15.7 Å². The van der Waals surface area contributed by atoms with Gasteiger partial charge in [-0.15, -0.1) is 11.3 Å². The van der Waals surface area contributed by atoms with E-state index >= 15 is 0 Å². The molecule has 3 aromatic heterocycles. The predicted molar refractivity (Wildman–Crippen MR) is 112 cm³/mol. The second kappa shape index (κ2) is 7.24. The largest absolute Gasteiger partial charge is 0.340 e. The van der Waals surface area contributed by atoms with Gasteiger partial charge in [0, 0.05) is 24.9 Å². The Hall–Kier alpha value is -2.93. The first-order chi connectivity index (χ1) is 13.5. The van der Waals surface area contributed by atoms with Crippen molar-refractivity contribution in [1.82, 2.24) is 19.1 Å². The summed E-state index contributed by atoms with van der Waals surface area (Å²) in [5, 5.41) is 4.50. The lowest BCUT2D eigenvalue weighted by atomic mass is 10.2. The first kappa shape index (κ1) is 18.4. The van der Waals surface area contributed by atoms with Crippen molar-refractivity contribution in [2.75, 3.05) is 7.05 Å². The van der Waals surface area contributed by atoms with Gasteiger partial charge in [0.1, 0.15) is 17.9 Å². The molecule has 28 heavy (non-hydrogen) atoms. The van der Waals surface area contributed by atoms with Crippen molar-refractivity contribution in [3.05, 3.63) is 69.1 Å². The number of nitrogens with zero attached hydrogens (tertiary/aromatic N) is 4. The van der Waals surface area contributed by atoms with Gasteiger partial charge in [-0.25, -0.2) is 4.68 Å². The quantitative estimate of drug-likeness (QED) is 0.522. The summed E-state index contributed by atoms with van der Waals surface area (Å²) >= 11 is 1.66. The van der Waals surface area contributed by atoms with E-state index in [1.165, 1.54) is 9.56 Å². The molecule has 0 bridgehead atoms. The molecule has 4 aromatic rings. The molecule has 0 radical (unpaired) electrons. The van der Waals surface area contributed by atoms with Crippen LogP contribution in [0.15, 0.2) is 47.3 Å². The molecule has 0 fully saturated rings. The molecule has 1 amide bonds. The maximum atomic E-state index is 13.0. The third-order valence-electron chi connectivity index (χ3n) is 4.85. The zero-order valence-electron chi connectivity index (χ0n) is 16.2. The van der Waals surface area contributed by atoms with E-state index < -0.39 is 0 Å². The molecule has 0 unspecified atom stereocenters. The zero-order valence-corrected chi connectivity index (χ0v) is 17.0. The summed E-state index contributed by atoms with van der Waals surface area (Å²) in [5.41, 5.74) is 2.40. The minimum Gasteiger partial charge on any atom is -0.340 e. The summed E-state index contributed by atoms with van der Waals surface area (Å²) < 4.78 is 4.29. The van der Waals surface area contributed by atoms with E-state index in [-0.39, 0.29) is 18.0 Å². The van der Waals surface area contributed by atoms with Crippen molar-refractivity contribution in [1.29, 1.82) is 0 Å². The van der Waals surface area contributed by atoms with E-state index in [1.54, 1.807) is 23.3 Å². The number of hydrogen-bond donors (Lipinski definition) is 0. The second-order valence-electron chi connectivity index (χ2n) is 6.94. The highest BCUT2D eigenvalue weighted by Gasteiger charge is 2.18. The van der Waals surface area contributed by atoms with Crippen LogP contribution in [0.2, 0.25) is 0 Å². The molecule has 144 valence electrons. The van der Waals surface area contributed by atoms with Gasteiger partial charge in [-0.3, -0.25) is 14.0 Å². The highest BCUT2D eigenvalue weighted by Crippen LogP contribution is 2.28. The summed E-state index contributed by atoms with van der Waals surface area (Å²) in [7, 11) is 1.75. The van der Waals surface area contributed by atoms with Crippen LogP contribution in [0, 0.1) is 6.92 Å². The van der Waals surface area contributed by atoms with Gasteiger partial charge in [0.2, 0.25) is 5.91 Å². The number of aromatic nitrogens is 3. The molecule has 7 heteroatoms. The van der Waals surface area contributed by atoms with E-state index in [0.29, 0.717) is 18.5 Å². The zero-order chi connectivity index (χ0) is 19.8. The lowest BCUT2D eigenvalue weighted by Crippen LogP contribution is -2.36. The number of aryl methyl sites for hydroxylation is 2.